The first-order valence-corrected chi connectivity index (χ1v) is 31.0. The lowest BCUT2D eigenvalue weighted by Gasteiger charge is -2.28. The molecule has 0 N–H and O–H groups in total. The maximum atomic E-state index is 12.7. The number of allylic oxidation sites excluding steroid dienone is 10. The number of carbonyl (C=O) groups excluding carboxylic acids is 2. The average Bonchev–Trinajstić information content (AvgIpc) is 3.33. The van der Waals surface area contributed by atoms with Crippen LogP contribution in [0.15, 0.2) is 60.8 Å². The summed E-state index contributed by atoms with van der Waals surface area (Å²) in [5, 5.41) is 0. The van der Waals surface area contributed by atoms with Gasteiger partial charge in [-0.2, -0.15) is 0 Å². The van der Waals surface area contributed by atoms with E-state index in [1.54, 1.807) is 0 Å². The van der Waals surface area contributed by atoms with Gasteiger partial charge in [0.05, 0.1) is 27.7 Å². The van der Waals surface area contributed by atoms with Crippen LogP contribution in [0.3, 0.4) is 0 Å². The molecule has 0 rings (SSSR count). The number of nitrogens with zero attached hydrogens (tertiary/aromatic N) is 1. The summed E-state index contributed by atoms with van der Waals surface area (Å²) in [6.45, 7) is 4.07. The fraction of sp³-hybridized carbons (Fsp3) is 0.803. The molecule has 0 saturated carbocycles. The molecule has 10 heteroatoms. The molecule has 0 fully saturated rings. The van der Waals surface area contributed by atoms with E-state index >= 15 is 0 Å². The van der Waals surface area contributed by atoms with Gasteiger partial charge in [0.15, 0.2) is 6.10 Å². The number of quaternary nitrogens is 1. The van der Waals surface area contributed by atoms with Crippen molar-refractivity contribution in [1.82, 2.24) is 0 Å². The molecule has 0 aromatic heterocycles. The van der Waals surface area contributed by atoms with Gasteiger partial charge in [0.1, 0.15) is 19.8 Å². The molecular formula is C61H112NO8P. The van der Waals surface area contributed by atoms with Gasteiger partial charge in [0, 0.05) is 12.8 Å². The molecule has 0 aromatic carbocycles. The van der Waals surface area contributed by atoms with E-state index in [0.717, 1.165) is 70.6 Å². The van der Waals surface area contributed by atoms with Crippen LogP contribution in [0.4, 0.5) is 0 Å². The molecule has 0 saturated heterocycles. The Bertz CT molecular complexity index is 1380. The van der Waals surface area contributed by atoms with Crippen LogP contribution >= 0.6 is 7.82 Å². The number of rotatable bonds is 54. The Balaban J connectivity index is 3.74. The lowest BCUT2D eigenvalue weighted by molar-refractivity contribution is -0.870. The standard InChI is InChI=1S/C61H112NO8P/c1-6-8-10-12-14-15-16-17-18-19-20-21-22-23-24-25-26-27-28-29-30-31-32-33-34-35-36-37-38-39-40-41-42-43-44-45-46-47-48-50-52-54-61(64)70-59(57-67-60(63)53-51-49-13-11-9-7-2)58-69-71(65,66)68-56-55-62(3,4)5/h8,10,14-15,17-18,20-21,23-24,59H,6-7,9,11-13,16,19,22,25-58H2,1-5H3/b10-8-,15-14-,18-17-,21-20-,24-23-. The molecule has 0 aliphatic rings. The predicted molar refractivity (Wildman–Crippen MR) is 300 cm³/mol. The zero-order valence-electron chi connectivity index (χ0n) is 46.9. The first-order valence-electron chi connectivity index (χ1n) is 29.5. The van der Waals surface area contributed by atoms with E-state index in [9.17, 15) is 19.0 Å². The van der Waals surface area contributed by atoms with Crippen molar-refractivity contribution in [2.45, 2.75) is 270 Å². The van der Waals surface area contributed by atoms with Gasteiger partial charge in [-0.3, -0.25) is 14.2 Å². The normalized spacial score (nSPS) is 13.7. The van der Waals surface area contributed by atoms with Crippen LogP contribution in [0.2, 0.25) is 0 Å². The highest BCUT2D eigenvalue weighted by Gasteiger charge is 2.22. The second kappa shape index (κ2) is 52.6. The topological polar surface area (TPSA) is 111 Å². The number of esters is 2. The third kappa shape index (κ3) is 56.9. The first kappa shape index (κ1) is 68.7. The van der Waals surface area contributed by atoms with E-state index in [2.05, 4.69) is 74.6 Å². The third-order valence-corrected chi connectivity index (χ3v) is 13.8. The summed E-state index contributed by atoms with van der Waals surface area (Å²) < 4.78 is 33.9. The molecule has 9 nitrogen and oxygen atoms in total. The monoisotopic (exact) mass is 1020 g/mol. The van der Waals surface area contributed by atoms with Crippen molar-refractivity contribution in [3.05, 3.63) is 60.8 Å². The highest BCUT2D eigenvalue weighted by Crippen LogP contribution is 2.38. The smallest absolute Gasteiger partial charge is 0.306 e. The highest BCUT2D eigenvalue weighted by molar-refractivity contribution is 7.45. The van der Waals surface area contributed by atoms with Crippen LogP contribution < -0.4 is 4.89 Å². The van der Waals surface area contributed by atoms with Crippen LogP contribution in [-0.4, -0.2) is 70.0 Å². The average molecular weight is 1020 g/mol. The van der Waals surface area contributed by atoms with Gasteiger partial charge in [-0.1, -0.05) is 254 Å². The Morgan fingerprint density at radius 2 is 0.803 bits per heavy atom. The maximum absolute atomic E-state index is 12.7. The van der Waals surface area contributed by atoms with E-state index in [1.165, 1.54) is 161 Å². The molecule has 0 heterocycles. The molecule has 2 unspecified atom stereocenters. The fourth-order valence-corrected chi connectivity index (χ4v) is 9.00. The molecule has 2 atom stereocenters. The van der Waals surface area contributed by atoms with Crippen molar-refractivity contribution in [1.29, 1.82) is 0 Å². The molecule has 0 amide bonds. The van der Waals surface area contributed by atoms with Gasteiger partial charge >= 0.3 is 11.9 Å². The maximum Gasteiger partial charge on any atom is 0.306 e. The molecule has 0 aliphatic carbocycles. The zero-order chi connectivity index (χ0) is 52.0. The van der Waals surface area contributed by atoms with E-state index in [4.69, 9.17) is 18.5 Å². The summed E-state index contributed by atoms with van der Waals surface area (Å²) in [5.74, 6) is -0.834. The highest BCUT2D eigenvalue weighted by atomic mass is 31.2. The minimum atomic E-state index is -4.62. The largest absolute Gasteiger partial charge is 0.756 e. The lowest BCUT2D eigenvalue weighted by Crippen LogP contribution is -2.37. The van der Waals surface area contributed by atoms with Crippen molar-refractivity contribution >= 4 is 19.8 Å². The van der Waals surface area contributed by atoms with Crippen molar-refractivity contribution in [3.63, 3.8) is 0 Å². The van der Waals surface area contributed by atoms with Gasteiger partial charge in [0.2, 0.25) is 0 Å². The van der Waals surface area contributed by atoms with E-state index in [1.807, 2.05) is 21.1 Å². The van der Waals surface area contributed by atoms with Crippen molar-refractivity contribution < 1.29 is 42.1 Å². The molecule has 0 aromatic rings. The summed E-state index contributed by atoms with van der Waals surface area (Å²) in [4.78, 5) is 37.4. The minimum absolute atomic E-state index is 0.0289. The van der Waals surface area contributed by atoms with Crippen LogP contribution in [0.25, 0.3) is 0 Å². The number of phosphoric ester groups is 1. The molecular weight excluding hydrogens is 906 g/mol. The summed E-state index contributed by atoms with van der Waals surface area (Å²) >= 11 is 0. The van der Waals surface area contributed by atoms with E-state index < -0.39 is 26.5 Å². The zero-order valence-corrected chi connectivity index (χ0v) is 47.8. The number of carbonyl (C=O) groups is 2. The van der Waals surface area contributed by atoms with Crippen LogP contribution in [0, 0.1) is 0 Å². The summed E-state index contributed by atoms with van der Waals surface area (Å²) in [6.07, 6.45) is 67.8. The number of hydrogen-bond donors (Lipinski definition) is 0. The molecule has 0 spiro atoms. The molecule has 0 aliphatic heterocycles. The number of hydrogen-bond acceptors (Lipinski definition) is 8. The number of unbranched alkanes of at least 4 members (excludes halogenated alkanes) is 30. The Morgan fingerprint density at radius 1 is 0.451 bits per heavy atom. The van der Waals surface area contributed by atoms with Gasteiger partial charge in [-0.05, 0) is 57.8 Å². The molecule has 0 radical (unpaired) electrons. The molecule has 0 bridgehead atoms. The lowest BCUT2D eigenvalue weighted by atomic mass is 10.0. The predicted octanol–water partition coefficient (Wildman–Crippen LogP) is 17.7. The van der Waals surface area contributed by atoms with Crippen LogP contribution in [-0.2, 0) is 32.7 Å². The van der Waals surface area contributed by atoms with Gasteiger partial charge in [-0.25, -0.2) is 0 Å². The number of ether oxygens (including phenoxy) is 2. The first-order chi connectivity index (χ1) is 34.5. The number of likely N-dealkylation sites (N-methyl/N-ethyl adjacent to an activating group) is 1. The van der Waals surface area contributed by atoms with Crippen LogP contribution in [0.1, 0.15) is 264 Å². The van der Waals surface area contributed by atoms with E-state index in [-0.39, 0.29) is 32.0 Å². The van der Waals surface area contributed by atoms with Crippen molar-refractivity contribution in [2.75, 3.05) is 47.5 Å². The SMILES string of the molecule is CC/C=C\C/C=C\C/C=C\C/C=C\C/C=C\CCCCCCCCCCCCCCCCCCCCCCCCCCCC(=O)OC(COC(=O)CCCCCCCC)COP(=O)([O-])OCC[N+](C)(C)C. The Labute approximate surface area is 438 Å². The van der Waals surface area contributed by atoms with Gasteiger partial charge in [-0.15, -0.1) is 0 Å². The summed E-state index contributed by atoms with van der Waals surface area (Å²) in [5.41, 5.74) is 0. The summed E-state index contributed by atoms with van der Waals surface area (Å²) in [6, 6.07) is 0. The van der Waals surface area contributed by atoms with Crippen molar-refractivity contribution in [3.8, 4) is 0 Å². The van der Waals surface area contributed by atoms with Crippen LogP contribution in [0.5, 0.6) is 0 Å². The fourth-order valence-electron chi connectivity index (χ4n) is 8.27. The molecule has 414 valence electrons. The Kier molecular flexibility index (Phi) is 50.9. The van der Waals surface area contributed by atoms with Gasteiger partial charge < -0.3 is 27.9 Å². The van der Waals surface area contributed by atoms with Crippen molar-refractivity contribution in [2.24, 2.45) is 0 Å². The Morgan fingerprint density at radius 3 is 1.20 bits per heavy atom. The molecule has 71 heavy (non-hydrogen) atoms. The minimum Gasteiger partial charge on any atom is -0.756 e. The Hall–Kier alpha value is -2.29. The van der Waals surface area contributed by atoms with E-state index in [0.29, 0.717) is 17.4 Å². The second-order valence-electron chi connectivity index (χ2n) is 21.0. The second-order valence-corrected chi connectivity index (χ2v) is 22.4. The summed E-state index contributed by atoms with van der Waals surface area (Å²) in [7, 11) is 1.17. The third-order valence-electron chi connectivity index (χ3n) is 12.8. The quantitative estimate of drug-likeness (QED) is 0.0195. The number of phosphoric acid groups is 1. The van der Waals surface area contributed by atoms with Gasteiger partial charge in [0.25, 0.3) is 7.82 Å².